The molecule has 0 spiro atoms. The van der Waals surface area contributed by atoms with E-state index in [9.17, 15) is 14.4 Å². The highest BCUT2D eigenvalue weighted by atomic mass is 16.5. The summed E-state index contributed by atoms with van der Waals surface area (Å²) in [5, 5.41) is 2.76. The SMILES string of the molecule is COc1ccc(NC(=O)c2ccc3c(c2)C(=O)c2ccccc2-3)cc1OCC(N)=O. The van der Waals surface area contributed by atoms with Crippen molar-refractivity contribution in [2.45, 2.75) is 0 Å². The van der Waals surface area contributed by atoms with Crippen molar-refractivity contribution in [1.29, 1.82) is 0 Å². The number of benzene rings is 3. The number of nitrogens with two attached hydrogens (primary N) is 1. The molecule has 1 aliphatic carbocycles. The Kier molecular flexibility index (Phi) is 4.93. The molecule has 0 saturated heterocycles. The van der Waals surface area contributed by atoms with Gasteiger partial charge >= 0.3 is 0 Å². The summed E-state index contributed by atoms with van der Waals surface area (Å²) in [7, 11) is 1.46. The second kappa shape index (κ2) is 7.71. The average molecular weight is 402 g/mol. The molecule has 3 N–H and O–H groups in total. The number of primary amides is 1. The van der Waals surface area contributed by atoms with Crippen LogP contribution >= 0.6 is 0 Å². The maximum absolute atomic E-state index is 12.8. The molecule has 7 heteroatoms. The van der Waals surface area contributed by atoms with E-state index in [2.05, 4.69) is 5.32 Å². The van der Waals surface area contributed by atoms with Gasteiger partial charge in [0.1, 0.15) is 0 Å². The van der Waals surface area contributed by atoms with Crippen molar-refractivity contribution in [1.82, 2.24) is 0 Å². The fraction of sp³-hybridized carbons (Fsp3) is 0.0870. The van der Waals surface area contributed by atoms with Gasteiger partial charge in [-0.15, -0.1) is 0 Å². The van der Waals surface area contributed by atoms with Gasteiger partial charge in [-0.25, -0.2) is 0 Å². The highest BCUT2D eigenvalue weighted by Crippen LogP contribution is 2.37. The number of amides is 2. The van der Waals surface area contributed by atoms with E-state index < -0.39 is 5.91 Å². The highest BCUT2D eigenvalue weighted by molar-refractivity contribution is 6.22. The minimum atomic E-state index is -0.629. The van der Waals surface area contributed by atoms with Gasteiger partial charge in [-0.1, -0.05) is 30.3 Å². The Labute approximate surface area is 172 Å². The van der Waals surface area contributed by atoms with Gasteiger partial charge in [0, 0.05) is 28.4 Å². The fourth-order valence-corrected chi connectivity index (χ4v) is 3.39. The minimum absolute atomic E-state index is 0.0955. The zero-order valence-electron chi connectivity index (χ0n) is 16.1. The third-order valence-corrected chi connectivity index (χ3v) is 4.78. The molecule has 0 atom stereocenters. The van der Waals surface area contributed by atoms with Gasteiger partial charge < -0.3 is 20.5 Å². The number of hydrogen-bond donors (Lipinski definition) is 2. The van der Waals surface area contributed by atoms with Crippen LogP contribution in [0.3, 0.4) is 0 Å². The van der Waals surface area contributed by atoms with Crippen LogP contribution in [0.5, 0.6) is 11.5 Å². The van der Waals surface area contributed by atoms with Gasteiger partial charge in [0.2, 0.25) is 0 Å². The first-order valence-corrected chi connectivity index (χ1v) is 9.16. The zero-order valence-corrected chi connectivity index (χ0v) is 16.1. The van der Waals surface area contributed by atoms with Crippen molar-refractivity contribution in [3.63, 3.8) is 0 Å². The molecule has 7 nitrogen and oxygen atoms in total. The molecule has 4 rings (SSSR count). The van der Waals surface area contributed by atoms with Crippen LogP contribution in [0.4, 0.5) is 5.69 Å². The standard InChI is InChI=1S/C23H18N2O5/c1-29-19-9-7-14(11-20(19)30-12-21(24)26)25-23(28)13-6-8-16-15-4-2-3-5-17(15)22(27)18(16)10-13/h2-11H,12H2,1H3,(H2,24,26)(H,25,28). The van der Waals surface area contributed by atoms with Crippen LogP contribution in [0, 0.1) is 0 Å². The lowest BCUT2D eigenvalue weighted by atomic mass is 10.0. The molecule has 0 unspecified atom stereocenters. The van der Waals surface area contributed by atoms with Gasteiger partial charge in [-0.3, -0.25) is 14.4 Å². The third-order valence-electron chi connectivity index (χ3n) is 4.78. The van der Waals surface area contributed by atoms with E-state index in [-0.39, 0.29) is 24.0 Å². The predicted octanol–water partition coefficient (Wildman–Crippen LogP) is 3.02. The lowest BCUT2D eigenvalue weighted by Crippen LogP contribution is -2.20. The molecule has 0 fully saturated rings. The van der Waals surface area contributed by atoms with E-state index in [1.165, 1.54) is 13.2 Å². The van der Waals surface area contributed by atoms with E-state index in [1.54, 1.807) is 36.4 Å². The molecule has 3 aromatic rings. The number of fused-ring (bicyclic) bond motifs is 3. The van der Waals surface area contributed by atoms with Crippen molar-refractivity contribution in [3.05, 3.63) is 77.4 Å². The molecule has 0 bridgehead atoms. The molecular weight excluding hydrogens is 384 g/mol. The number of carbonyl (C=O) groups excluding carboxylic acids is 3. The van der Waals surface area contributed by atoms with Crippen molar-refractivity contribution in [2.24, 2.45) is 5.73 Å². The van der Waals surface area contributed by atoms with Crippen molar-refractivity contribution < 1.29 is 23.9 Å². The smallest absolute Gasteiger partial charge is 0.255 e. The molecule has 1 aliphatic rings. The largest absolute Gasteiger partial charge is 0.493 e. The first kappa shape index (κ1) is 19.2. The normalized spacial score (nSPS) is 11.4. The molecule has 0 saturated carbocycles. The molecule has 3 aromatic carbocycles. The lowest BCUT2D eigenvalue weighted by Gasteiger charge is -2.12. The molecular formula is C23H18N2O5. The topological polar surface area (TPSA) is 108 Å². The number of carbonyl (C=O) groups is 3. The lowest BCUT2D eigenvalue weighted by molar-refractivity contribution is -0.119. The summed E-state index contributed by atoms with van der Waals surface area (Å²) in [6.45, 7) is -0.318. The van der Waals surface area contributed by atoms with E-state index in [1.807, 2.05) is 18.2 Å². The Hall–Kier alpha value is -4.13. The number of ether oxygens (including phenoxy) is 2. The summed E-state index contributed by atoms with van der Waals surface area (Å²) in [5.41, 5.74) is 8.73. The Balaban J connectivity index is 1.57. The summed E-state index contributed by atoms with van der Waals surface area (Å²) in [5.74, 6) is -0.437. The third kappa shape index (κ3) is 3.48. The van der Waals surface area contributed by atoms with Crippen LogP contribution in [-0.2, 0) is 4.79 Å². The van der Waals surface area contributed by atoms with Crippen LogP contribution < -0.4 is 20.5 Å². The maximum atomic E-state index is 12.8. The summed E-state index contributed by atoms with van der Waals surface area (Å²) in [6, 6.07) is 17.2. The van der Waals surface area contributed by atoms with E-state index >= 15 is 0 Å². The Bertz CT molecular complexity index is 1190. The first-order chi connectivity index (χ1) is 14.5. The van der Waals surface area contributed by atoms with Crippen LogP contribution in [0.2, 0.25) is 0 Å². The van der Waals surface area contributed by atoms with Crippen LogP contribution in [-0.4, -0.2) is 31.3 Å². The zero-order chi connectivity index (χ0) is 21.3. The summed E-state index contributed by atoms with van der Waals surface area (Å²) in [4.78, 5) is 36.4. The van der Waals surface area contributed by atoms with E-state index in [4.69, 9.17) is 15.2 Å². The second-order valence-corrected chi connectivity index (χ2v) is 6.71. The summed E-state index contributed by atoms with van der Waals surface area (Å²) in [6.07, 6.45) is 0. The van der Waals surface area contributed by atoms with E-state index in [0.717, 1.165) is 11.1 Å². The van der Waals surface area contributed by atoms with Crippen molar-refractivity contribution >= 4 is 23.3 Å². The Morgan fingerprint density at radius 3 is 2.37 bits per heavy atom. The Morgan fingerprint density at radius 1 is 0.900 bits per heavy atom. The van der Waals surface area contributed by atoms with Crippen LogP contribution in [0.1, 0.15) is 26.3 Å². The quantitative estimate of drug-likeness (QED) is 0.515. The van der Waals surface area contributed by atoms with Crippen LogP contribution in [0.15, 0.2) is 60.7 Å². The first-order valence-electron chi connectivity index (χ1n) is 9.16. The van der Waals surface area contributed by atoms with Gasteiger partial charge in [-0.2, -0.15) is 0 Å². The molecule has 0 aromatic heterocycles. The number of methoxy groups -OCH3 is 1. The second-order valence-electron chi connectivity index (χ2n) is 6.71. The van der Waals surface area contributed by atoms with Gasteiger partial charge in [0.15, 0.2) is 23.9 Å². The minimum Gasteiger partial charge on any atom is -0.493 e. The van der Waals surface area contributed by atoms with Crippen molar-refractivity contribution in [3.8, 4) is 22.6 Å². The molecule has 30 heavy (non-hydrogen) atoms. The molecule has 2 amide bonds. The van der Waals surface area contributed by atoms with Gasteiger partial charge in [-0.05, 0) is 35.4 Å². The van der Waals surface area contributed by atoms with Crippen LogP contribution in [0.25, 0.3) is 11.1 Å². The summed E-state index contributed by atoms with van der Waals surface area (Å²) >= 11 is 0. The Morgan fingerprint density at radius 2 is 1.63 bits per heavy atom. The number of rotatable bonds is 6. The fourth-order valence-electron chi connectivity index (χ4n) is 3.39. The predicted molar refractivity (Wildman–Crippen MR) is 111 cm³/mol. The van der Waals surface area contributed by atoms with E-state index in [0.29, 0.717) is 28.1 Å². The number of anilines is 1. The van der Waals surface area contributed by atoms with Gasteiger partial charge in [0.25, 0.3) is 11.8 Å². The van der Waals surface area contributed by atoms with Crippen molar-refractivity contribution in [2.75, 3.05) is 19.0 Å². The molecule has 0 heterocycles. The molecule has 0 radical (unpaired) electrons. The molecule has 0 aliphatic heterocycles. The maximum Gasteiger partial charge on any atom is 0.255 e. The average Bonchev–Trinajstić information content (AvgIpc) is 3.04. The number of nitrogens with one attached hydrogen (secondary N) is 1. The number of hydrogen-bond acceptors (Lipinski definition) is 5. The monoisotopic (exact) mass is 402 g/mol. The molecule has 150 valence electrons. The summed E-state index contributed by atoms with van der Waals surface area (Å²) < 4.78 is 10.5. The highest BCUT2D eigenvalue weighted by Gasteiger charge is 2.27. The number of ketones is 1. The van der Waals surface area contributed by atoms with Gasteiger partial charge in [0.05, 0.1) is 7.11 Å².